The molecule has 1 aromatic heterocycles. The minimum absolute atomic E-state index is 0.412. The van der Waals surface area contributed by atoms with Crippen LogP contribution < -0.4 is 0 Å². The SMILES string of the molecule is COC(=O)C#Cc1ccon1. The molecule has 0 bridgehead atoms. The molecule has 0 fully saturated rings. The van der Waals surface area contributed by atoms with Gasteiger partial charge in [-0.2, -0.15) is 0 Å². The summed E-state index contributed by atoms with van der Waals surface area (Å²) < 4.78 is 8.75. The molecule has 4 nitrogen and oxygen atoms in total. The molecular weight excluding hydrogens is 146 g/mol. The van der Waals surface area contributed by atoms with Crippen LogP contribution in [0.1, 0.15) is 5.69 Å². The number of hydrogen-bond acceptors (Lipinski definition) is 4. The Morgan fingerprint density at radius 2 is 2.64 bits per heavy atom. The fourth-order valence-corrected chi connectivity index (χ4v) is 0.443. The molecule has 4 heteroatoms. The molecule has 0 aliphatic heterocycles. The average molecular weight is 151 g/mol. The average Bonchev–Trinajstić information content (AvgIpc) is 2.52. The van der Waals surface area contributed by atoms with Gasteiger partial charge in [-0.1, -0.05) is 5.16 Å². The molecular formula is C7H5NO3. The third-order valence-corrected chi connectivity index (χ3v) is 0.916. The number of esters is 1. The summed E-state index contributed by atoms with van der Waals surface area (Å²) in [6.07, 6.45) is 1.38. The van der Waals surface area contributed by atoms with Gasteiger partial charge in [-0.05, 0) is 5.92 Å². The number of methoxy groups -OCH3 is 1. The fourth-order valence-electron chi connectivity index (χ4n) is 0.443. The second-order valence-corrected chi connectivity index (χ2v) is 1.63. The lowest BCUT2D eigenvalue weighted by molar-refractivity contribution is -0.133. The summed E-state index contributed by atoms with van der Waals surface area (Å²) in [5.74, 6) is 4.06. The zero-order chi connectivity index (χ0) is 8.10. The number of ether oxygens (including phenoxy) is 1. The lowest BCUT2D eigenvalue weighted by Crippen LogP contribution is -1.94. The van der Waals surface area contributed by atoms with Gasteiger partial charge in [0.1, 0.15) is 6.26 Å². The van der Waals surface area contributed by atoms with Gasteiger partial charge in [0.2, 0.25) is 0 Å². The van der Waals surface area contributed by atoms with E-state index in [1.165, 1.54) is 13.4 Å². The molecule has 0 atom stereocenters. The van der Waals surface area contributed by atoms with E-state index in [0.29, 0.717) is 5.69 Å². The minimum atomic E-state index is -0.590. The minimum Gasteiger partial charge on any atom is -0.459 e. The number of carbonyl (C=O) groups excluding carboxylic acids is 1. The van der Waals surface area contributed by atoms with Crippen molar-refractivity contribution in [3.63, 3.8) is 0 Å². The Bertz CT molecular complexity index is 291. The third-order valence-electron chi connectivity index (χ3n) is 0.916. The molecule has 0 unspecified atom stereocenters. The molecule has 11 heavy (non-hydrogen) atoms. The van der Waals surface area contributed by atoms with Crippen LogP contribution in [0.4, 0.5) is 0 Å². The summed E-state index contributed by atoms with van der Waals surface area (Å²) >= 11 is 0. The predicted octanol–water partition coefficient (Wildman–Crippen LogP) is 0.199. The van der Waals surface area contributed by atoms with E-state index < -0.39 is 5.97 Å². The molecule has 0 saturated carbocycles. The van der Waals surface area contributed by atoms with Crippen molar-refractivity contribution in [2.75, 3.05) is 7.11 Å². The van der Waals surface area contributed by atoms with Gasteiger partial charge in [0.05, 0.1) is 7.11 Å². The third kappa shape index (κ3) is 2.14. The number of nitrogens with zero attached hydrogens (tertiary/aromatic N) is 1. The zero-order valence-electron chi connectivity index (χ0n) is 5.83. The van der Waals surface area contributed by atoms with Crippen LogP contribution in [-0.4, -0.2) is 18.2 Å². The smallest absolute Gasteiger partial charge is 0.384 e. The second-order valence-electron chi connectivity index (χ2n) is 1.63. The van der Waals surface area contributed by atoms with Gasteiger partial charge in [-0.3, -0.25) is 0 Å². The molecule has 1 heterocycles. The number of hydrogen-bond donors (Lipinski definition) is 0. The molecule has 0 aromatic carbocycles. The summed E-state index contributed by atoms with van der Waals surface area (Å²) in [6.45, 7) is 0. The van der Waals surface area contributed by atoms with Gasteiger partial charge in [-0.25, -0.2) is 4.79 Å². The van der Waals surface area contributed by atoms with Gasteiger partial charge in [0.15, 0.2) is 5.69 Å². The Labute approximate surface area is 63.1 Å². The van der Waals surface area contributed by atoms with Crippen LogP contribution in [0.25, 0.3) is 0 Å². The van der Waals surface area contributed by atoms with Crippen LogP contribution >= 0.6 is 0 Å². The molecule has 1 aromatic rings. The van der Waals surface area contributed by atoms with E-state index in [9.17, 15) is 4.79 Å². The zero-order valence-corrected chi connectivity index (χ0v) is 5.83. The van der Waals surface area contributed by atoms with Crippen LogP contribution in [0.15, 0.2) is 16.9 Å². The summed E-state index contributed by atoms with van der Waals surface area (Å²) in [5, 5.41) is 3.47. The molecule has 0 saturated heterocycles. The summed E-state index contributed by atoms with van der Waals surface area (Å²) in [6, 6.07) is 1.55. The summed E-state index contributed by atoms with van der Waals surface area (Å²) in [7, 11) is 1.26. The highest BCUT2D eigenvalue weighted by Gasteiger charge is 1.91. The molecule has 0 aliphatic carbocycles. The van der Waals surface area contributed by atoms with E-state index in [0.717, 1.165) is 0 Å². The van der Waals surface area contributed by atoms with Crippen LogP contribution in [0.2, 0.25) is 0 Å². The van der Waals surface area contributed by atoms with Gasteiger partial charge >= 0.3 is 5.97 Å². The van der Waals surface area contributed by atoms with Gasteiger partial charge < -0.3 is 9.26 Å². The molecule has 0 N–H and O–H groups in total. The van der Waals surface area contributed by atoms with Crippen molar-refractivity contribution in [3.05, 3.63) is 18.0 Å². The van der Waals surface area contributed by atoms with Crippen molar-refractivity contribution < 1.29 is 14.1 Å². The molecule has 56 valence electrons. The van der Waals surface area contributed by atoms with E-state index in [4.69, 9.17) is 0 Å². The fraction of sp³-hybridized carbons (Fsp3) is 0.143. The first-order chi connectivity index (χ1) is 5.33. The summed E-state index contributed by atoms with van der Waals surface area (Å²) in [5.41, 5.74) is 0.412. The Balaban J connectivity index is 2.66. The number of rotatable bonds is 0. The molecule has 0 aliphatic rings. The van der Waals surface area contributed by atoms with Crippen molar-refractivity contribution in [1.82, 2.24) is 5.16 Å². The van der Waals surface area contributed by atoms with E-state index in [2.05, 4.69) is 26.3 Å². The van der Waals surface area contributed by atoms with Crippen LogP contribution in [0.5, 0.6) is 0 Å². The van der Waals surface area contributed by atoms with E-state index >= 15 is 0 Å². The molecule has 0 amide bonds. The quantitative estimate of drug-likeness (QED) is 0.392. The summed E-state index contributed by atoms with van der Waals surface area (Å²) in [4.78, 5) is 10.5. The Morgan fingerprint density at radius 3 is 3.18 bits per heavy atom. The first-order valence-corrected chi connectivity index (χ1v) is 2.83. The predicted molar refractivity (Wildman–Crippen MR) is 35.4 cm³/mol. The maximum atomic E-state index is 10.5. The maximum Gasteiger partial charge on any atom is 0.384 e. The topological polar surface area (TPSA) is 52.3 Å². The highest BCUT2D eigenvalue weighted by atomic mass is 16.5. The lowest BCUT2D eigenvalue weighted by atomic mass is 10.4. The van der Waals surface area contributed by atoms with Crippen LogP contribution in [-0.2, 0) is 9.53 Å². The second kappa shape index (κ2) is 3.42. The lowest BCUT2D eigenvalue weighted by Gasteiger charge is -1.82. The monoisotopic (exact) mass is 151 g/mol. The molecule has 0 spiro atoms. The van der Waals surface area contributed by atoms with Crippen molar-refractivity contribution in [3.8, 4) is 11.8 Å². The maximum absolute atomic E-state index is 10.5. The normalized spacial score (nSPS) is 8.09. The van der Waals surface area contributed by atoms with E-state index in [1.807, 2.05) is 0 Å². The van der Waals surface area contributed by atoms with E-state index in [1.54, 1.807) is 6.07 Å². The number of aromatic nitrogens is 1. The standard InChI is InChI=1S/C7H5NO3/c1-10-7(9)3-2-6-4-5-11-8-6/h4-5H,1H3. The Kier molecular flexibility index (Phi) is 2.28. The Hall–Kier alpha value is -1.76. The van der Waals surface area contributed by atoms with Crippen molar-refractivity contribution in [2.45, 2.75) is 0 Å². The van der Waals surface area contributed by atoms with Crippen molar-refractivity contribution >= 4 is 5.97 Å². The Morgan fingerprint density at radius 1 is 1.82 bits per heavy atom. The van der Waals surface area contributed by atoms with Crippen molar-refractivity contribution in [2.24, 2.45) is 0 Å². The molecule has 0 radical (unpaired) electrons. The van der Waals surface area contributed by atoms with Gasteiger partial charge in [0.25, 0.3) is 0 Å². The van der Waals surface area contributed by atoms with Gasteiger partial charge in [-0.15, -0.1) is 0 Å². The van der Waals surface area contributed by atoms with E-state index in [-0.39, 0.29) is 0 Å². The molecule has 1 rings (SSSR count). The van der Waals surface area contributed by atoms with Crippen LogP contribution in [0.3, 0.4) is 0 Å². The van der Waals surface area contributed by atoms with Crippen LogP contribution in [0, 0.1) is 11.8 Å². The van der Waals surface area contributed by atoms with Crippen molar-refractivity contribution in [1.29, 1.82) is 0 Å². The largest absolute Gasteiger partial charge is 0.459 e. The number of carbonyl (C=O) groups is 1. The highest BCUT2D eigenvalue weighted by Crippen LogP contribution is 1.89. The first kappa shape index (κ1) is 7.35. The first-order valence-electron chi connectivity index (χ1n) is 2.83. The highest BCUT2D eigenvalue weighted by molar-refractivity contribution is 5.88. The van der Waals surface area contributed by atoms with Gasteiger partial charge in [0, 0.05) is 12.0 Å².